The Hall–Kier alpha value is -2.10. The minimum atomic E-state index is -0.492. The molecule has 2 rings (SSSR count). The molecule has 1 heterocycles. The first-order chi connectivity index (χ1) is 8.89. The lowest BCUT2D eigenvalue weighted by Crippen LogP contribution is -2.26. The molecule has 0 aliphatic heterocycles. The van der Waals surface area contributed by atoms with E-state index in [1.54, 1.807) is 16.7 Å². The third kappa shape index (κ3) is 3.22. The Kier molecular flexibility index (Phi) is 3.42. The van der Waals surface area contributed by atoms with Gasteiger partial charge in [0.2, 0.25) is 0 Å². The standard InChI is InChI=1S/C15H17NO3/c1-15(2,3)19-14(18)9-16-7-6-12-5-4-11(10-17)8-13(12)16/h4-8,10H,9H2,1-3H3. The summed E-state index contributed by atoms with van der Waals surface area (Å²) >= 11 is 0. The van der Waals surface area contributed by atoms with Crippen LogP contribution in [0.4, 0.5) is 0 Å². The molecule has 0 saturated carbocycles. The fourth-order valence-corrected chi connectivity index (χ4v) is 1.92. The largest absolute Gasteiger partial charge is 0.459 e. The minimum Gasteiger partial charge on any atom is -0.459 e. The summed E-state index contributed by atoms with van der Waals surface area (Å²) in [6.07, 6.45) is 2.62. The second-order valence-electron chi connectivity index (χ2n) is 5.47. The van der Waals surface area contributed by atoms with Crippen molar-refractivity contribution in [2.45, 2.75) is 32.9 Å². The minimum absolute atomic E-state index is 0.142. The van der Waals surface area contributed by atoms with Crippen LogP contribution in [0.1, 0.15) is 31.1 Å². The Morgan fingerprint density at radius 3 is 2.68 bits per heavy atom. The average Bonchev–Trinajstić information content (AvgIpc) is 2.69. The molecule has 0 unspecified atom stereocenters. The van der Waals surface area contributed by atoms with Crippen molar-refractivity contribution in [3.8, 4) is 0 Å². The van der Waals surface area contributed by atoms with Gasteiger partial charge in [-0.3, -0.25) is 9.59 Å². The van der Waals surface area contributed by atoms with Crippen LogP contribution in [-0.2, 0) is 16.1 Å². The van der Waals surface area contributed by atoms with E-state index >= 15 is 0 Å². The fraction of sp³-hybridized carbons (Fsp3) is 0.333. The molecule has 0 aliphatic rings. The first kappa shape index (κ1) is 13.3. The van der Waals surface area contributed by atoms with Crippen LogP contribution in [0.25, 0.3) is 10.9 Å². The van der Waals surface area contributed by atoms with E-state index in [-0.39, 0.29) is 12.5 Å². The van der Waals surface area contributed by atoms with Gasteiger partial charge in [0, 0.05) is 17.3 Å². The highest BCUT2D eigenvalue weighted by atomic mass is 16.6. The van der Waals surface area contributed by atoms with Crippen LogP contribution in [0.3, 0.4) is 0 Å². The number of aldehydes is 1. The van der Waals surface area contributed by atoms with Gasteiger partial charge >= 0.3 is 5.97 Å². The number of rotatable bonds is 3. The maximum Gasteiger partial charge on any atom is 0.326 e. The summed E-state index contributed by atoms with van der Waals surface area (Å²) in [5.41, 5.74) is 0.959. The summed E-state index contributed by atoms with van der Waals surface area (Å²) in [5, 5.41) is 0.995. The average molecular weight is 259 g/mol. The van der Waals surface area contributed by atoms with E-state index in [1.165, 1.54) is 0 Å². The second-order valence-corrected chi connectivity index (χ2v) is 5.47. The molecule has 1 aromatic carbocycles. The fourth-order valence-electron chi connectivity index (χ4n) is 1.92. The molecule has 0 fully saturated rings. The van der Waals surface area contributed by atoms with Crippen molar-refractivity contribution in [3.05, 3.63) is 36.0 Å². The van der Waals surface area contributed by atoms with Crippen LogP contribution in [0, 0.1) is 0 Å². The quantitative estimate of drug-likeness (QED) is 0.629. The molecule has 0 atom stereocenters. The molecule has 4 nitrogen and oxygen atoms in total. The Bertz CT molecular complexity index is 620. The molecular weight excluding hydrogens is 242 g/mol. The van der Waals surface area contributed by atoms with E-state index in [0.29, 0.717) is 5.56 Å². The van der Waals surface area contributed by atoms with Crippen LogP contribution in [0.15, 0.2) is 30.5 Å². The SMILES string of the molecule is CC(C)(C)OC(=O)Cn1ccc2ccc(C=O)cc21. The van der Waals surface area contributed by atoms with Crippen molar-refractivity contribution in [2.75, 3.05) is 0 Å². The van der Waals surface area contributed by atoms with Crippen molar-refractivity contribution in [3.63, 3.8) is 0 Å². The predicted molar refractivity (Wildman–Crippen MR) is 73.2 cm³/mol. The maximum absolute atomic E-state index is 11.8. The van der Waals surface area contributed by atoms with Gasteiger partial charge in [-0.2, -0.15) is 0 Å². The molecule has 2 aromatic rings. The van der Waals surface area contributed by atoms with Crippen molar-refractivity contribution in [1.29, 1.82) is 0 Å². The summed E-state index contributed by atoms with van der Waals surface area (Å²) in [7, 11) is 0. The molecule has 0 radical (unpaired) electrons. The molecule has 0 spiro atoms. The molecule has 0 bridgehead atoms. The van der Waals surface area contributed by atoms with Gasteiger partial charge in [-0.05, 0) is 38.3 Å². The number of carbonyl (C=O) groups is 2. The Morgan fingerprint density at radius 1 is 1.32 bits per heavy atom. The second kappa shape index (κ2) is 4.88. The summed E-state index contributed by atoms with van der Waals surface area (Å²) in [6.45, 7) is 5.65. The molecule has 0 saturated heterocycles. The maximum atomic E-state index is 11.8. The van der Waals surface area contributed by atoms with Gasteiger partial charge in [0.05, 0.1) is 0 Å². The number of esters is 1. The van der Waals surface area contributed by atoms with Gasteiger partial charge in [-0.25, -0.2) is 0 Å². The van der Waals surface area contributed by atoms with Crippen molar-refractivity contribution >= 4 is 23.2 Å². The molecule has 0 amide bonds. The Balaban J connectivity index is 2.25. The molecule has 100 valence electrons. The lowest BCUT2D eigenvalue weighted by Gasteiger charge is -2.19. The number of carbonyl (C=O) groups excluding carboxylic acids is 2. The van der Waals surface area contributed by atoms with Crippen LogP contribution < -0.4 is 0 Å². The highest BCUT2D eigenvalue weighted by molar-refractivity contribution is 5.88. The van der Waals surface area contributed by atoms with Gasteiger partial charge in [0.15, 0.2) is 0 Å². The van der Waals surface area contributed by atoms with Crippen molar-refractivity contribution in [2.24, 2.45) is 0 Å². The van der Waals surface area contributed by atoms with Crippen molar-refractivity contribution in [1.82, 2.24) is 4.57 Å². The van der Waals surface area contributed by atoms with E-state index < -0.39 is 5.60 Å². The summed E-state index contributed by atoms with van der Waals surface area (Å²) in [6, 6.07) is 7.30. The van der Waals surface area contributed by atoms with E-state index in [0.717, 1.165) is 17.2 Å². The molecule has 4 heteroatoms. The van der Waals surface area contributed by atoms with Gasteiger partial charge in [0.25, 0.3) is 0 Å². The number of nitrogens with zero attached hydrogens (tertiary/aromatic N) is 1. The lowest BCUT2D eigenvalue weighted by molar-refractivity contribution is -0.155. The van der Waals surface area contributed by atoms with E-state index in [4.69, 9.17) is 4.74 Å². The number of fused-ring (bicyclic) bond motifs is 1. The first-order valence-corrected chi connectivity index (χ1v) is 6.15. The van der Waals surface area contributed by atoms with Gasteiger partial charge in [-0.1, -0.05) is 12.1 Å². The normalized spacial score (nSPS) is 11.5. The highest BCUT2D eigenvalue weighted by Crippen LogP contribution is 2.18. The summed E-state index contributed by atoms with van der Waals surface area (Å²) in [4.78, 5) is 22.6. The third-order valence-corrected chi connectivity index (χ3v) is 2.65. The Morgan fingerprint density at radius 2 is 2.05 bits per heavy atom. The number of hydrogen-bond acceptors (Lipinski definition) is 3. The van der Waals surface area contributed by atoms with Crippen LogP contribution in [0.5, 0.6) is 0 Å². The molecular formula is C15H17NO3. The topological polar surface area (TPSA) is 48.3 Å². The highest BCUT2D eigenvalue weighted by Gasteiger charge is 2.17. The van der Waals surface area contributed by atoms with Crippen LogP contribution >= 0.6 is 0 Å². The molecule has 0 N–H and O–H groups in total. The monoisotopic (exact) mass is 259 g/mol. The number of ether oxygens (including phenoxy) is 1. The van der Waals surface area contributed by atoms with Gasteiger partial charge in [-0.15, -0.1) is 0 Å². The lowest BCUT2D eigenvalue weighted by atomic mass is 10.2. The molecule has 19 heavy (non-hydrogen) atoms. The zero-order valence-corrected chi connectivity index (χ0v) is 11.3. The smallest absolute Gasteiger partial charge is 0.326 e. The van der Waals surface area contributed by atoms with Gasteiger partial charge in [0.1, 0.15) is 18.4 Å². The summed E-state index contributed by atoms with van der Waals surface area (Å²) in [5.74, 6) is -0.290. The number of hydrogen-bond donors (Lipinski definition) is 0. The van der Waals surface area contributed by atoms with Gasteiger partial charge < -0.3 is 9.30 Å². The number of aromatic nitrogens is 1. The van der Waals surface area contributed by atoms with Crippen LogP contribution in [-0.4, -0.2) is 22.4 Å². The zero-order valence-electron chi connectivity index (χ0n) is 11.3. The molecule has 1 aromatic heterocycles. The van der Waals surface area contributed by atoms with E-state index in [1.807, 2.05) is 39.1 Å². The van der Waals surface area contributed by atoms with E-state index in [2.05, 4.69) is 0 Å². The first-order valence-electron chi connectivity index (χ1n) is 6.15. The predicted octanol–water partition coefficient (Wildman–Crippen LogP) is 2.80. The summed E-state index contributed by atoms with van der Waals surface area (Å²) < 4.78 is 7.08. The zero-order chi connectivity index (χ0) is 14.0. The van der Waals surface area contributed by atoms with Crippen molar-refractivity contribution < 1.29 is 14.3 Å². The third-order valence-electron chi connectivity index (χ3n) is 2.65. The van der Waals surface area contributed by atoms with E-state index in [9.17, 15) is 9.59 Å². The molecule has 0 aliphatic carbocycles. The Labute approximate surface area is 112 Å². The number of benzene rings is 1. The van der Waals surface area contributed by atoms with Crippen LogP contribution in [0.2, 0.25) is 0 Å².